The first-order valence-corrected chi connectivity index (χ1v) is 11.1. The molecule has 1 aliphatic heterocycles. The van der Waals surface area contributed by atoms with Gasteiger partial charge in [0.1, 0.15) is 0 Å². The van der Waals surface area contributed by atoms with E-state index < -0.39 is 0 Å². The van der Waals surface area contributed by atoms with Gasteiger partial charge in [-0.2, -0.15) is 15.0 Å². The summed E-state index contributed by atoms with van der Waals surface area (Å²) in [5.74, 6) is 1.64. The largest absolute Gasteiger partial charge is 0.351 e. The molecule has 4 rings (SSSR count). The van der Waals surface area contributed by atoms with E-state index in [2.05, 4.69) is 66.3 Å². The molecule has 0 bridgehead atoms. The number of hydrogen-bond donors (Lipinski definition) is 3. The number of piperidine rings is 1. The zero-order valence-corrected chi connectivity index (χ0v) is 17.8. The Kier molecular flexibility index (Phi) is 7.31. The summed E-state index contributed by atoms with van der Waals surface area (Å²) >= 11 is 0. The fourth-order valence-corrected chi connectivity index (χ4v) is 4.33. The van der Waals surface area contributed by atoms with Crippen molar-refractivity contribution < 1.29 is 4.84 Å². The van der Waals surface area contributed by atoms with Crippen LogP contribution < -0.4 is 16.1 Å². The van der Waals surface area contributed by atoms with E-state index in [-0.39, 0.29) is 0 Å². The molecule has 0 amide bonds. The second-order valence-corrected chi connectivity index (χ2v) is 8.27. The van der Waals surface area contributed by atoms with E-state index in [1.807, 2.05) is 0 Å². The zero-order valence-electron chi connectivity index (χ0n) is 17.8. The highest BCUT2D eigenvalue weighted by atomic mass is 16.6. The van der Waals surface area contributed by atoms with Crippen LogP contribution in [0.5, 0.6) is 0 Å². The van der Waals surface area contributed by atoms with Gasteiger partial charge < -0.3 is 10.6 Å². The third-order valence-corrected chi connectivity index (χ3v) is 5.94. The Bertz CT molecular complexity index is 774. The van der Waals surface area contributed by atoms with Crippen LogP contribution in [0.1, 0.15) is 50.5 Å². The number of aromatic nitrogens is 3. The van der Waals surface area contributed by atoms with Crippen LogP contribution in [0.2, 0.25) is 0 Å². The monoisotopic (exact) mass is 411 g/mol. The molecule has 1 saturated carbocycles. The second kappa shape index (κ2) is 10.5. The Labute approximate surface area is 178 Å². The first kappa shape index (κ1) is 20.8. The standard InChI is InChI=1S/C22H33N7O/c1-30-28-22-26-20(23-18-10-6-3-7-11-18)25-21(27-22)24-19-12-14-29(15-13-19)16-17-8-4-2-5-9-17/h2,4-5,8-9,18-19H,3,6-7,10-16H2,1H3,(H3,23,24,25,26,27,28). The minimum atomic E-state index is 0.359. The number of likely N-dealkylation sites (tertiary alicyclic amines) is 1. The molecule has 2 aromatic rings. The molecule has 162 valence electrons. The van der Waals surface area contributed by atoms with E-state index in [1.165, 1.54) is 37.7 Å². The molecule has 8 nitrogen and oxygen atoms in total. The zero-order chi connectivity index (χ0) is 20.6. The smallest absolute Gasteiger partial charge is 0.253 e. The first-order valence-electron chi connectivity index (χ1n) is 11.1. The van der Waals surface area contributed by atoms with Crippen molar-refractivity contribution >= 4 is 17.8 Å². The van der Waals surface area contributed by atoms with Gasteiger partial charge in [-0.25, -0.2) is 5.48 Å². The molecule has 1 aliphatic carbocycles. The van der Waals surface area contributed by atoms with Gasteiger partial charge in [-0.3, -0.25) is 9.74 Å². The highest BCUT2D eigenvalue weighted by Crippen LogP contribution is 2.22. The van der Waals surface area contributed by atoms with Gasteiger partial charge in [-0.1, -0.05) is 49.6 Å². The molecule has 2 fully saturated rings. The quantitative estimate of drug-likeness (QED) is 0.567. The molecule has 0 spiro atoms. The SMILES string of the molecule is CONc1nc(NC2CCCCC2)nc(NC2CCN(Cc3ccccc3)CC2)n1. The Morgan fingerprint density at radius 3 is 2.07 bits per heavy atom. The number of nitrogens with zero attached hydrogens (tertiary/aromatic N) is 4. The van der Waals surface area contributed by atoms with Crippen molar-refractivity contribution in [2.45, 2.75) is 63.6 Å². The summed E-state index contributed by atoms with van der Waals surface area (Å²) in [5, 5.41) is 7.00. The summed E-state index contributed by atoms with van der Waals surface area (Å²) in [5.41, 5.74) is 4.12. The summed E-state index contributed by atoms with van der Waals surface area (Å²) in [7, 11) is 1.56. The number of benzene rings is 1. The second-order valence-electron chi connectivity index (χ2n) is 8.27. The van der Waals surface area contributed by atoms with Crippen LogP contribution in [0.4, 0.5) is 17.8 Å². The van der Waals surface area contributed by atoms with Crippen molar-refractivity contribution in [3.63, 3.8) is 0 Å². The lowest BCUT2D eigenvalue weighted by Crippen LogP contribution is -2.39. The van der Waals surface area contributed by atoms with Crippen molar-refractivity contribution in [3.8, 4) is 0 Å². The molecule has 0 unspecified atom stereocenters. The maximum Gasteiger partial charge on any atom is 0.253 e. The van der Waals surface area contributed by atoms with Crippen molar-refractivity contribution in [2.24, 2.45) is 0 Å². The minimum Gasteiger partial charge on any atom is -0.351 e. The Hall–Kier alpha value is -2.45. The number of anilines is 3. The van der Waals surface area contributed by atoms with Crippen molar-refractivity contribution in [1.29, 1.82) is 0 Å². The molecule has 0 atom stereocenters. The van der Waals surface area contributed by atoms with Crippen molar-refractivity contribution in [1.82, 2.24) is 19.9 Å². The molecule has 1 saturated heterocycles. The van der Waals surface area contributed by atoms with Gasteiger partial charge >= 0.3 is 0 Å². The number of rotatable bonds is 8. The fourth-order valence-electron chi connectivity index (χ4n) is 4.33. The van der Waals surface area contributed by atoms with Gasteiger partial charge in [-0.15, -0.1) is 0 Å². The van der Waals surface area contributed by atoms with Crippen LogP contribution in [-0.2, 0) is 11.4 Å². The van der Waals surface area contributed by atoms with Crippen LogP contribution in [0.25, 0.3) is 0 Å². The van der Waals surface area contributed by atoms with Gasteiger partial charge in [0.25, 0.3) is 5.95 Å². The molecule has 2 heterocycles. The van der Waals surface area contributed by atoms with Gasteiger partial charge in [-0.05, 0) is 31.2 Å². The van der Waals surface area contributed by atoms with Gasteiger partial charge in [0.15, 0.2) is 0 Å². The van der Waals surface area contributed by atoms with Crippen LogP contribution in [0.15, 0.2) is 30.3 Å². The lowest BCUT2D eigenvalue weighted by Gasteiger charge is -2.32. The highest BCUT2D eigenvalue weighted by molar-refractivity contribution is 5.42. The van der Waals surface area contributed by atoms with Gasteiger partial charge in [0.05, 0.1) is 7.11 Å². The van der Waals surface area contributed by atoms with Crippen LogP contribution in [0, 0.1) is 0 Å². The number of hydrogen-bond acceptors (Lipinski definition) is 8. The lowest BCUT2D eigenvalue weighted by atomic mass is 9.96. The van der Waals surface area contributed by atoms with E-state index in [1.54, 1.807) is 7.11 Å². The highest BCUT2D eigenvalue weighted by Gasteiger charge is 2.21. The molecule has 30 heavy (non-hydrogen) atoms. The maximum absolute atomic E-state index is 5.02. The predicted octanol–water partition coefficient (Wildman–Crippen LogP) is 3.67. The average Bonchev–Trinajstić information content (AvgIpc) is 2.77. The fraction of sp³-hybridized carbons (Fsp3) is 0.591. The predicted molar refractivity (Wildman–Crippen MR) is 119 cm³/mol. The molecule has 0 radical (unpaired) electrons. The van der Waals surface area contributed by atoms with E-state index in [0.29, 0.717) is 29.9 Å². The third kappa shape index (κ3) is 6.03. The summed E-state index contributed by atoms with van der Waals surface area (Å²) < 4.78 is 0. The third-order valence-electron chi connectivity index (χ3n) is 5.94. The topological polar surface area (TPSA) is 87.2 Å². The molecular formula is C22H33N7O. The summed E-state index contributed by atoms with van der Waals surface area (Å²) in [6.45, 7) is 3.14. The molecule has 3 N–H and O–H groups in total. The van der Waals surface area contributed by atoms with Crippen LogP contribution >= 0.6 is 0 Å². The molecule has 2 aliphatic rings. The van der Waals surface area contributed by atoms with Crippen molar-refractivity contribution in [3.05, 3.63) is 35.9 Å². The first-order chi connectivity index (χ1) is 14.8. The average molecular weight is 412 g/mol. The molecule has 1 aromatic carbocycles. The van der Waals surface area contributed by atoms with E-state index in [9.17, 15) is 0 Å². The van der Waals surface area contributed by atoms with E-state index in [4.69, 9.17) is 4.84 Å². The van der Waals surface area contributed by atoms with Crippen LogP contribution in [0.3, 0.4) is 0 Å². The van der Waals surface area contributed by atoms with E-state index in [0.717, 1.165) is 32.5 Å². The molecular weight excluding hydrogens is 378 g/mol. The minimum absolute atomic E-state index is 0.359. The van der Waals surface area contributed by atoms with Crippen LogP contribution in [-0.4, -0.2) is 52.1 Å². The maximum atomic E-state index is 5.02. The Balaban J connectivity index is 1.34. The Morgan fingerprint density at radius 1 is 0.833 bits per heavy atom. The Morgan fingerprint density at radius 2 is 1.43 bits per heavy atom. The van der Waals surface area contributed by atoms with Gasteiger partial charge in [0.2, 0.25) is 11.9 Å². The summed E-state index contributed by atoms with van der Waals surface area (Å²) in [4.78, 5) is 21.1. The lowest BCUT2D eigenvalue weighted by molar-refractivity contribution is 0.211. The normalized spacial score (nSPS) is 18.8. The van der Waals surface area contributed by atoms with Gasteiger partial charge in [0, 0.05) is 31.7 Å². The van der Waals surface area contributed by atoms with E-state index >= 15 is 0 Å². The molecule has 1 aromatic heterocycles. The van der Waals surface area contributed by atoms with Crippen molar-refractivity contribution in [2.75, 3.05) is 36.3 Å². The number of nitrogens with one attached hydrogen (secondary N) is 3. The summed E-state index contributed by atoms with van der Waals surface area (Å²) in [6.07, 6.45) is 8.31. The summed E-state index contributed by atoms with van der Waals surface area (Å²) in [6, 6.07) is 11.5. The molecule has 8 heteroatoms.